The molecule has 5 rings (SSSR count). The van der Waals surface area contributed by atoms with Gasteiger partial charge in [-0.2, -0.15) is 0 Å². The van der Waals surface area contributed by atoms with Crippen molar-refractivity contribution in [3.63, 3.8) is 0 Å². The molecule has 1 atom stereocenters. The van der Waals surface area contributed by atoms with Crippen LogP contribution in [-0.2, 0) is 9.59 Å². The van der Waals surface area contributed by atoms with Crippen molar-refractivity contribution in [2.75, 3.05) is 56.0 Å². The van der Waals surface area contributed by atoms with Crippen molar-refractivity contribution in [3.05, 3.63) is 23.8 Å². The zero-order valence-electron chi connectivity index (χ0n) is 20.1. The highest BCUT2D eigenvalue weighted by Crippen LogP contribution is 2.37. The maximum absolute atomic E-state index is 13.1. The van der Waals surface area contributed by atoms with E-state index < -0.39 is 0 Å². The molecule has 3 amide bonds. The van der Waals surface area contributed by atoms with Gasteiger partial charge in [-0.1, -0.05) is 6.42 Å². The summed E-state index contributed by atoms with van der Waals surface area (Å²) in [6.45, 7) is 6.22. The lowest BCUT2D eigenvalue weighted by atomic mass is 9.95. The van der Waals surface area contributed by atoms with Crippen LogP contribution < -0.4 is 15.5 Å². The van der Waals surface area contributed by atoms with E-state index in [-0.39, 0.29) is 29.7 Å². The Kier molecular flexibility index (Phi) is 7.04. The maximum atomic E-state index is 13.1. The highest BCUT2D eigenvalue weighted by atomic mass is 16.2. The quantitative estimate of drug-likeness (QED) is 0.628. The van der Waals surface area contributed by atoms with Crippen molar-refractivity contribution >= 4 is 29.1 Å². The van der Waals surface area contributed by atoms with Crippen molar-refractivity contribution in [1.82, 2.24) is 15.1 Å². The van der Waals surface area contributed by atoms with Gasteiger partial charge in [0.15, 0.2) is 0 Å². The molecule has 4 aliphatic rings. The minimum absolute atomic E-state index is 0.0195. The smallest absolute Gasteiger partial charge is 0.253 e. The third-order valence-electron chi connectivity index (χ3n) is 7.92. The summed E-state index contributed by atoms with van der Waals surface area (Å²) >= 11 is 0. The first-order chi connectivity index (χ1) is 16.6. The van der Waals surface area contributed by atoms with Gasteiger partial charge in [0, 0.05) is 37.7 Å². The number of anilines is 2. The standard InChI is InChI=1S/C26H37N5O3/c32-24(27-11-5-14-29-12-2-1-3-13-29)19-9-16-30(17-10-19)26(34)20-7-8-22-21(18-20)28-25(33)23-6-4-15-31(22)23/h7-8,18-19,23H,1-6,9-17H2,(H,27,32)(H,28,33). The minimum Gasteiger partial charge on any atom is -0.358 e. The number of rotatable bonds is 6. The van der Waals surface area contributed by atoms with Crippen LogP contribution in [0.25, 0.3) is 0 Å². The number of piperidine rings is 2. The van der Waals surface area contributed by atoms with Crippen LogP contribution in [0.4, 0.5) is 11.4 Å². The number of hydrogen-bond donors (Lipinski definition) is 2. The third-order valence-corrected chi connectivity index (χ3v) is 7.92. The fourth-order valence-corrected chi connectivity index (χ4v) is 5.93. The molecular weight excluding hydrogens is 430 g/mol. The maximum Gasteiger partial charge on any atom is 0.253 e. The van der Waals surface area contributed by atoms with Crippen LogP contribution in [0, 0.1) is 5.92 Å². The Morgan fingerprint density at radius 2 is 1.76 bits per heavy atom. The van der Waals surface area contributed by atoms with Crippen LogP contribution in [-0.4, -0.2) is 79.4 Å². The number of benzene rings is 1. The van der Waals surface area contributed by atoms with Crippen LogP contribution in [0.2, 0.25) is 0 Å². The van der Waals surface area contributed by atoms with E-state index in [2.05, 4.69) is 20.4 Å². The number of carbonyl (C=O) groups excluding carboxylic acids is 3. The summed E-state index contributed by atoms with van der Waals surface area (Å²) in [6, 6.07) is 5.56. The number of hydrogen-bond acceptors (Lipinski definition) is 5. The molecule has 1 unspecified atom stereocenters. The predicted octanol–water partition coefficient (Wildman–Crippen LogP) is 2.45. The lowest BCUT2D eigenvalue weighted by Crippen LogP contribution is -2.44. The number of carbonyl (C=O) groups is 3. The van der Waals surface area contributed by atoms with Gasteiger partial charge in [-0.05, 0) is 82.8 Å². The molecule has 1 aromatic rings. The fourth-order valence-electron chi connectivity index (χ4n) is 5.93. The average molecular weight is 468 g/mol. The topological polar surface area (TPSA) is 85.0 Å². The molecular formula is C26H37N5O3. The molecule has 3 fully saturated rings. The SMILES string of the molecule is O=C(NCCCN1CCCCC1)C1CCN(C(=O)c2ccc3c(c2)NC(=O)C2CCCN32)CC1. The average Bonchev–Trinajstić information content (AvgIpc) is 3.38. The fraction of sp³-hybridized carbons (Fsp3) is 0.654. The molecule has 0 bridgehead atoms. The van der Waals surface area contributed by atoms with Gasteiger partial charge in [0.25, 0.3) is 5.91 Å². The Bertz CT molecular complexity index is 921. The number of nitrogens with zero attached hydrogens (tertiary/aromatic N) is 3. The van der Waals surface area contributed by atoms with E-state index in [0.717, 1.165) is 50.3 Å². The third kappa shape index (κ3) is 4.92. The van der Waals surface area contributed by atoms with E-state index in [4.69, 9.17) is 0 Å². The second-order valence-corrected chi connectivity index (χ2v) is 10.2. The zero-order valence-corrected chi connectivity index (χ0v) is 20.1. The highest BCUT2D eigenvalue weighted by Gasteiger charge is 2.37. The first-order valence-corrected chi connectivity index (χ1v) is 13.1. The van der Waals surface area contributed by atoms with Crippen LogP contribution in [0.1, 0.15) is 61.7 Å². The van der Waals surface area contributed by atoms with Gasteiger partial charge in [0.05, 0.1) is 11.4 Å². The second kappa shape index (κ2) is 10.3. The first kappa shape index (κ1) is 23.1. The summed E-state index contributed by atoms with van der Waals surface area (Å²) in [4.78, 5) is 44.6. The van der Waals surface area contributed by atoms with Gasteiger partial charge < -0.3 is 25.3 Å². The lowest BCUT2D eigenvalue weighted by Gasteiger charge is -2.34. The summed E-state index contributed by atoms with van der Waals surface area (Å²) in [5, 5.41) is 6.10. The van der Waals surface area contributed by atoms with Gasteiger partial charge >= 0.3 is 0 Å². The molecule has 0 radical (unpaired) electrons. The summed E-state index contributed by atoms with van der Waals surface area (Å²) in [5.41, 5.74) is 2.33. The molecule has 1 aromatic carbocycles. The molecule has 0 spiro atoms. The van der Waals surface area contributed by atoms with Crippen LogP contribution in [0.5, 0.6) is 0 Å². The summed E-state index contributed by atoms with van der Waals surface area (Å²) in [7, 11) is 0. The van der Waals surface area contributed by atoms with Crippen LogP contribution >= 0.6 is 0 Å². The van der Waals surface area contributed by atoms with Gasteiger partial charge in [0.1, 0.15) is 6.04 Å². The van der Waals surface area contributed by atoms with Crippen molar-refractivity contribution in [2.24, 2.45) is 5.92 Å². The Hall–Kier alpha value is -2.61. The van der Waals surface area contributed by atoms with E-state index in [1.54, 1.807) is 0 Å². The number of likely N-dealkylation sites (tertiary alicyclic amines) is 2. The van der Waals surface area contributed by atoms with E-state index in [0.29, 0.717) is 31.5 Å². The minimum atomic E-state index is -0.0796. The zero-order chi connectivity index (χ0) is 23.5. The van der Waals surface area contributed by atoms with Gasteiger partial charge in [-0.3, -0.25) is 14.4 Å². The van der Waals surface area contributed by atoms with E-state index in [1.807, 2.05) is 23.1 Å². The molecule has 8 heteroatoms. The van der Waals surface area contributed by atoms with Crippen molar-refractivity contribution in [2.45, 2.75) is 57.4 Å². The highest BCUT2D eigenvalue weighted by molar-refractivity contribution is 6.06. The Labute approximate surface area is 202 Å². The van der Waals surface area contributed by atoms with E-state index >= 15 is 0 Å². The number of fused-ring (bicyclic) bond motifs is 3. The molecule has 8 nitrogen and oxygen atoms in total. The predicted molar refractivity (Wildman–Crippen MR) is 132 cm³/mol. The van der Waals surface area contributed by atoms with Gasteiger partial charge in [-0.25, -0.2) is 0 Å². The number of nitrogens with one attached hydrogen (secondary N) is 2. The molecule has 0 aliphatic carbocycles. The normalized spacial score (nSPS) is 23.3. The van der Waals surface area contributed by atoms with Crippen LogP contribution in [0.3, 0.4) is 0 Å². The Morgan fingerprint density at radius 3 is 2.56 bits per heavy atom. The molecule has 0 aromatic heterocycles. The van der Waals surface area contributed by atoms with Gasteiger partial charge in [-0.15, -0.1) is 0 Å². The summed E-state index contributed by atoms with van der Waals surface area (Å²) in [6.07, 6.45) is 8.21. The number of amides is 3. The molecule has 0 saturated carbocycles. The van der Waals surface area contributed by atoms with Crippen molar-refractivity contribution in [3.8, 4) is 0 Å². The largest absolute Gasteiger partial charge is 0.358 e. The Balaban J connectivity index is 1.09. The molecule has 34 heavy (non-hydrogen) atoms. The first-order valence-electron chi connectivity index (χ1n) is 13.1. The molecule has 3 saturated heterocycles. The van der Waals surface area contributed by atoms with Gasteiger partial charge in [0.2, 0.25) is 11.8 Å². The molecule has 2 N–H and O–H groups in total. The monoisotopic (exact) mass is 467 g/mol. The summed E-state index contributed by atoms with van der Waals surface area (Å²) in [5.74, 6) is 0.106. The summed E-state index contributed by atoms with van der Waals surface area (Å²) < 4.78 is 0. The van der Waals surface area contributed by atoms with E-state index in [9.17, 15) is 14.4 Å². The molecule has 4 aliphatic heterocycles. The molecule has 4 heterocycles. The van der Waals surface area contributed by atoms with Crippen molar-refractivity contribution in [1.29, 1.82) is 0 Å². The van der Waals surface area contributed by atoms with Crippen molar-refractivity contribution < 1.29 is 14.4 Å². The van der Waals surface area contributed by atoms with E-state index in [1.165, 1.54) is 32.4 Å². The second-order valence-electron chi connectivity index (χ2n) is 10.2. The lowest BCUT2D eigenvalue weighted by molar-refractivity contribution is -0.126. The molecule has 184 valence electrons. The van der Waals surface area contributed by atoms with Crippen LogP contribution in [0.15, 0.2) is 18.2 Å². The Morgan fingerprint density at radius 1 is 0.971 bits per heavy atom.